The standard InChI is InChI=1S/C21H22N4O5S/c1-4-24(5-2)16(26)9-25-10-22-20-17(21(25)28)12(3)18(31-20)19(27)23-13-6-7-14-15(8-13)30-11-29-14/h6-8,10H,4-5,9,11H2,1-3H3,(H,23,27). The number of ether oxygens (including phenoxy) is 2. The zero-order chi connectivity index (χ0) is 22.1. The molecule has 10 heteroatoms. The monoisotopic (exact) mass is 442 g/mol. The largest absolute Gasteiger partial charge is 0.454 e. The van der Waals surface area contributed by atoms with Crippen LogP contribution in [-0.4, -0.2) is 46.1 Å². The van der Waals surface area contributed by atoms with Gasteiger partial charge in [0.2, 0.25) is 12.7 Å². The van der Waals surface area contributed by atoms with Crippen molar-refractivity contribution in [3.63, 3.8) is 0 Å². The molecule has 0 radical (unpaired) electrons. The highest BCUT2D eigenvalue weighted by Crippen LogP contribution is 2.35. The van der Waals surface area contributed by atoms with Crippen LogP contribution in [0.3, 0.4) is 0 Å². The van der Waals surface area contributed by atoms with E-state index in [2.05, 4.69) is 10.3 Å². The molecule has 9 nitrogen and oxygen atoms in total. The highest BCUT2D eigenvalue weighted by molar-refractivity contribution is 7.20. The van der Waals surface area contributed by atoms with Gasteiger partial charge in [0.05, 0.1) is 16.6 Å². The van der Waals surface area contributed by atoms with E-state index < -0.39 is 0 Å². The molecule has 162 valence electrons. The van der Waals surface area contributed by atoms with Gasteiger partial charge in [0.25, 0.3) is 11.5 Å². The highest BCUT2D eigenvalue weighted by atomic mass is 32.1. The Morgan fingerprint density at radius 2 is 1.97 bits per heavy atom. The summed E-state index contributed by atoms with van der Waals surface area (Å²) in [6, 6.07) is 5.13. The van der Waals surface area contributed by atoms with Gasteiger partial charge in [0.1, 0.15) is 11.4 Å². The van der Waals surface area contributed by atoms with Crippen molar-refractivity contribution in [2.45, 2.75) is 27.3 Å². The Balaban J connectivity index is 1.61. The van der Waals surface area contributed by atoms with E-state index in [1.807, 2.05) is 13.8 Å². The Hall–Kier alpha value is -3.40. The molecule has 0 aliphatic carbocycles. The maximum Gasteiger partial charge on any atom is 0.266 e. The van der Waals surface area contributed by atoms with Crippen LogP contribution < -0.4 is 20.3 Å². The second-order valence-corrected chi connectivity index (χ2v) is 8.00. The van der Waals surface area contributed by atoms with Crippen molar-refractivity contribution in [1.29, 1.82) is 0 Å². The molecule has 0 bridgehead atoms. The third-order valence-corrected chi connectivity index (χ3v) is 6.37. The number of benzene rings is 1. The first-order valence-electron chi connectivity index (χ1n) is 9.90. The maximum absolute atomic E-state index is 13.0. The van der Waals surface area contributed by atoms with Crippen LogP contribution in [0.2, 0.25) is 0 Å². The summed E-state index contributed by atoms with van der Waals surface area (Å²) in [7, 11) is 0. The average molecular weight is 442 g/mol. The smallest absolute Gasteiger partial charge is 0.266 e. The number of aryl methyl sites for hydroxylation is 1. The molecular weight excluding hydrogens is 420 g/mol. The number of nitrogens with zero attached hydrogens (tertiary/aromatic N) is 3. The van der Waals surface area contributed by atoms with Gasteiger partial charge >= 0.3 is 0 Å². The molecule has 0 saturated heterocycles. The molecule has 1 aliphatic rings. The lowest BCUT2D eigenvalue weighted by Gasteiger charge is -2.18. The van der Waals surface area contributed by atoms with Crippen LogP contribution in [0.15, 0.2) is 29.3 Å². The molecule has 2 amide bonds. The molecule has 0 spiro atoms. The van der Waals surface area contributed by atoms with Gasteiger partial charge in [0.15, 0.2) is 11.5 Å². The summed E-state index contributed by atoms with van der Waals surface area (Å²) < 4.78 is 11.9. The van der Waals surface area contributed by atoms with Crippen LogP contribution in [0.4, 0.5) is 5.69 Å². The molecule has 1 N–H and O–H groups in total. The zero-order valence-corrected chi connectivity index (χ0v) is 18.2. The molecule has 1 aliphatic heterocycles. The number of hydrogen-bond donors (Lipinski definition) is 1. The minimum atomic E-state index is -0.343. The van der Waals surface area contributed by atoms with E-state index in [0.717, 1.165) is 11.3 Å². The average Bonchev–Trinajstić information content (AvgIpc) is 3.35. The number of anilines is 1. The van der Waals surface area contributed by atoms with Crippen molar-refractivity contribution < 1.29 is 19.1 Å². The number of thiophene rings is 1. The molecule has 0 unspecified atom stereocenters. The summed E-state index contributed by atoms with van der Waals surface area (Å²) in [4.78, 5) is 45.1. The van der Waals surface area contributed by atoms with Crippen molar-refractivity contribution in [1.82, 2.24) is 14.5 Å². The van der Waals surface area contributed by atoms with Crippen LogP contribution in [0.1, 0.15) is 29.1 Å². The van der Waals surface area contributed by atoms with Gasteiger partial charge in [-0.2, -0.15) is 0 Å². The summed E-state index contributed by atoms with van der Waals surface area (Å²) in [5, 5.41) is 3.18. The molecule has 0 saturated carbocycles. The first-order chi connectivity index (χ1) is 14.9. The van der Waals surface area contributed by atoms with Gasteiger partial charge in [-0.25, -0.2) is 4.98 Å². The van der Waals surface area contributed by atoms with Gasteiger partial charge in [-0.15, -0.1) is 11.3 Å². The molecule has 0 fully saturated rings. The normalized spacial score (nSPS) is 12.2. The predicted molar refractivity (Wildman–Crippen MR) is 117 cm³/mol. The highest BCUT2D eigenvalue weighted by Gasteiger charge is 2.22. The Morgan fingerprint density at radius 1 is 1.23 bits per heavy atom. The van der Waals surface area contributed by atoms with Gasteiger partial charge in [-0.3, -0.25) is 19.0 Å². The lowest BCUT2D eigenvalue weighted by atomic mass is 10.2. The molecule has 2 aromatic heterocycles. The summed E-state index contributed by atoms with van der Waals surface area (Å²) in [5.74, 6) is 0.694. The second-order valence-electron chi connectivity index (χ2n) is 7.00. The molecule has 3 heterocycles. The van der Waals surface area contributed by atoms with Crippen LogP contribution in [0.25, 0.3) is 10.2 Å². The summed E-state index contributed by atoms with van der Waals surface area (Å²) in [6.45, 7) is 6.70. The molecule has 4 rings (SSSR count). The Labute approximate surface area is 182 Å². The van der Waals surface area contributed by atoms with E-state index in [1.54, 1.807) is 30.0 Å². The fourth-order valence-electron chi connectivity index (χ4n) is 3.47. The van der Waals surface area contributed by atoms with E-state index in [4.69, 9.17) is 9.47 Å². The topological polar surface area (TPSA) is 103 Å². The molecule has 31 heavy (non-hydrogen) atoms. The number of carbonyl (C=O) groups is 2. The summed E-state index contributed by atoms with van der Waals surface area (Å²) >= 11 is 1.15. The van der Waals surface area contributed by atoms with Crippen molar-refractivity contribution >= 4 is 39.1 Å². The Bertz CT molecular complexity index is 1230. The minimum Gasteiger partial charge on any atom is -0.454 e. The molecule has 3 aromatic rings. The van der Waals surface area contributed by atoms with Crippen molar-refractivity contribution in [3.05, 3.63) is 45.3 Å². The van der Waals surface area contributed by atoms with E-state index in [9.17, 15) is 14.4 Å². The Morgan fingerprint density at radius 3 is 2.71 bits per heavy atom. The quantitative estimate of drug-likeness (QED) is 0.630. The van der Waals surface area contributed by atoms with Gasteiger partial charge < -0.3 is 19.7 Å². The number of likely N-dealkylation sites (N-methyl/N-ethyl adjacent to an activating group) is 1. The maximum atomic E-state index is 13.0. The van der Waals surface area contributed by atoms with Gasteiger partial charge in [-0.05, 0) is 38.5 Å². The minimum absolute atomic E-state index is 0.0858. The number of carbonyl (C=O) groups excluding carboxylic acids is 2. The van der Waals surface area contributed by atoms with E-state index in [0.29, 0.717) is 50.9 Å². The van der Waals surface area contributed by atoms with E-state index in [-0.39, 0.29) is 30.7 Å². The number of amides is 2. The summed E-state index contributed by atoms with van der Waals surface area (Å²) in [5.41, 5.74) is 0.767. The van der Waals surface area contributed by atoms with E-state index >= 15 is 0 Å². The number of aromatic nitrogens is 2. The number of rotatable bonds is 6. The molecule has 0 atom stereocenters. The fourth-order valence-corrected chi connectivity index (χ4v) is 4.51. The van der Waals surface area contributed by atoms with Crippen LogP contribution in [-0.2, 0) is 11.3 Å². The number of nitrogens with one attached hydrogen (secondary N) is 1. The molecule has 1 aromatic carbocycles. The van der Waals surface area contributed by atoms with Crippen LogP contribution in [0.5, 0.6) is 11.5 Å². The second kappa shape index (κ2) is 8.38. The van der Waals surface area contributed by atoms with Gasteiger partial charge in [0, 0.05) is 24.8 Å². The predicted octanol–water partition coefficient (Wildman–Crippen LogP) is 2.62. The zero-order valence-electron chi connectivity index (χ0n) is 17.4. The third-order valence-electron chi connectivity index (χ3n) is 5.18. The SMILES string of the molecule is CCN(CC)C(=O)Cn1cnc2sc(C(=O)Nc3ccc4c(c3)OCO4)c(C)c2c1=O. The van der Waals surface area contributed by atoms with Crippen LogP contribution in [0, 0.1) is 6.92 Å². The Kier molecular flexibility index (Phi) is 5.64. The third kappa shape index (κ3) is 3.86. The van der Waals surface area contributed by atoms with Gasteiger partial charge in [-0.1, -0.05) is 0 Å². The number of hydrogen-bond acceptors (Lipinski definition) is 7. The van der Waals surface area contributed by atoms with Crippen LogP contribution >= 0.6 is 11.3 Å². The first kappa shape index (κ1) is 20.9. The first-order valence-corrected chi connectivity index (χ1v) is 10.7. The van der Waals surface area contributed by atoms with E-state index in [1.165, 1.54) is 10.9 Å². The summed E-state index contributed by atoms with van der Waals surface area (Å²) in [6.07, 6.45) is 1.36. The fraction of sp³-hybridized carbons (Fsp3) is 0.333. The van der Waals surface area contributed by atoms with Crippen molar-refractivity contribution in [2.75, 3.05) is 25.2 Å². The molecular formula is C21H22N4O5S. The van der Waals surface area contributed by atoms with Crippen molar-refractivity contribution in [2.24, 2.45) is 0 Å². The lowest BCUT2D eigenvalue weighted by Crippen LogP contribution is -2.36. The lowest BCUT2D eigenvalue weighted by molar-refractivity contribution is -0.131. The number of fused-ring (bicyclic) bond motifs is 2. The van der Waals surface area contributed by atoms with Crippen molar-refractivity contribution in [3.8, 4) is 11.5 Å².